The van der Waals surface area contributed by atoms with Gasteiger partial charge in [-0.05, 0) is 32.0 Å². The van der Waals surface area contributed by atoms with E-state index in [-0.39, 0.29) is 30.8 Å². The number of amides is 2. The highest BCUT2D eigenvalue weighted by molar-refractivity contribution is 6.33. The predicted octanol–water partition coefficient (Wildman–Crippen LogP) is 3.42. The van der Waals surface area contributed by atoms with Crippen molar-refractivity contribution in [3.63, 3.8) is 0 Å². The number of aromatic nitrogens is 3. The first-order valence-electron chi connectivity index (χ1n) is 8.61. The lowest BCUT2D eigenvalue weighted by Crippen LogP contribution is -2.27. The third-order valence-electron chi connectivity index (χ3n) is 3.96. The minimum Gasteiger partial charge on any atom is -0.351 e. The number of hydrogen-bond donors (Lipinski definition) is 2. The Morgan fingerprint density at radius 2 is 2.00 bits per heavy atom. The highest BCUT2D eigenvalue weighted by Gasteiger charge is 2.11. The fourth-order valence-electron chi connectivity index (χ4n) is 2.64. The van der Waals surface area contributed by atoms with E-state index in [1.54, 1.807) is 36.7 Å². The van der Waals surface area contributed by atoms with E-state index in [0.717, 1.165) is 11.0 Å². The van der Waals surface area contributed by atoms with Crippen LogP contribution >= 0.6 is 11.6 Å². The maximum Gasteiger partial charge on any atom is 0.252 e. The first kappa shape index (κ1) is 18.8. The van der Waals surface area contributed by atoms with Gasteiger partial charge in [0.05, 0.1) is 28.7 Å². The lowest BCUT2D eigenvalue weighted by molar-refractivity contribution is -0.116. The topological polar surface area (TPSA) is 88.9 Å². The highest BCUT2D eigenvalue weighted by atomic mass is 35.5. The average molecular weight is 386 g/mol. The van der Waals surface area contributed by atoms with Crippen molar-refractivity contribution < 1.29 is 9.59 Å². The first-order chi connectivity index (χ1) is 13.0. The number of pyridine rings is 1. The summed E-state index contributed by atoms with van der Waals surface area (Å²) in [5.41, 5.74) is 1.75. The standard InChI is InChI=1S/C19H20ClN5O2/c1-12(2)25-18-13(10-23-25)9-14(11-22-18)24-17(26)7-8-21-19(27)15-5-3-4-6-16(15)20/h3-6,9-12H,7-8H2,1-2H3,(H,21,27)(H,24,26). The molecule has 3 rings (SSSR count). The summed E-state index contributed by atoms with van der Waals surface area (Å²) < 4.78 is 1.82. The van der Waals surface area contributed by atoms with E-state index in [9.17, 15) is 9.59 Å². The third-order valence-corrected chi connectivity index (χ3v) is 4.29. The molecule has 27 heavy (non-hydrogen) atoms. The van der Waals surface area contributed by atoms with Gasteiger partial charge in [0.25, 0.3) is 5.91 Å². The van der Waals surface area contributed by atoms with Gasteiger partial charge < -0.3 is 10.6 Å². The Kier molecular flexibility index (Phi) is 5.71. The zero-order valence-corrected chi connectivity index (χ0v) is 15.8. The molecule has 0 aliphatic rings. The van der Waals surface area contributed by atoms with Crippen LogP contribution in [0, 0.1) is 0 Å². The minimum atomic E-state index is -0.308. The van der Waals surface area contributed by atoms with Crippen LogP contribution in [0.2, 0.25) is 5.02 Å². The van der Waals surface area contributed by atoms with E-state index in [0.29, 0.717) is 16.3 Å². The molecule has 0 fully saturated rings. The zero-order valence-electron chi connectivity index (χ0n) is 15.1. The first-order valence-corrected chi connectivity index (χ1v) is 8.99. The van der Waals surface area contributed by atoms with Gasteiger partial charge in [0.2, 0.25) is 5.91 Å². The largest absolute Gasteiger partial charge is 0.351 e. The summed E-state index contributed by atoms with van der Waals surface area (Å²) in [6, 6.07) is 8.80. The predicted molar refractivity (Wildman–Crippen MR) is 105 cm³/mol. The minimum absolute atomic E-state index is 0.138. The second kappa shape index (κ2) is 8.18. The Morgan fingerprint density at radius 1 is 1.22 bits per heavy atom. The van der Waals surface area contributed by atoms with E-state index >= 15 is 0 Å². The summed E-state index contributed by atoms with van der Waals surface area (Å²) in [5.74, 6) is -0.524. The molecule has 0 aliphatic heterocycles. The van der Waals surface area contributed by atoms with Crippen molar-refractivity contribution in [3.05, 3.63) is 53.3 Å². The summed E-state index contributed by atoms with van der Waals surface area (Å²) in [7, 11) is 0. The molecule has 0 aliphatic carbocycles. The molecule has 1 aromatic carbocycles. The second-order valence-electron chi connectivity index (χ2n) is 6.35. The third kappa shape index (κ3) is 4.43. The summed E-state index contributed by atoms with van der Waals surface area (Å²) in [6.07, 6.45) is 3.46. The van der Waals surface area contributed by atoms with Crippen LogP contribution < -0.4 is 10.6 Å². The molecule has 7 nitrogen and oxygen atoms in total. The Labute approximate surface area is 161 Å². The molecular weight excluding hydrogens is 366 g/mol. The molecule has 0 saturated carbocycles. The van der Waals surface area contributed by atoms with Gasteiger partial charge in [0.15, 0.2) is 5.65 Å². The smallest absolute Gasteiger partial charge is 0.252 e. The summed E-state index contributed by atoms with van der Waals surface area (Å²) in [6.45, 7) is 4.26. The molecule has 2 amide bonds. The number of nitrogens with zero attached hydrogens (tertiary/aromatic N) is 3. The number of benzene rings is 1. The maximum absolute atomic E-state index is 12.1. The van der Waals surface area contributed by atoms with E-state index in [4.69, 9.17) is 11.6 Å². The second-order valence-corrected chi connectivity index (χ2v) is 6.76. The molecule has 0 bridgehead atoms. The number of halogens is 1. The SMILES string of the molecule is CC(C)n1ncc2cc(NC(=O)CCNC(=O)c3ccccc3Cl)cnc21. The Hall–Kier alpha value is -2.93. The summed E-state index contributed by atoms with van der Waals surface area (Å²) in [5, 5.41) is 11.0. The Bertz CT molecular complexity index is 983. The van der Waals surface area contributed by atoms with E-state index in [2.05, 4.69) is 20.7 Å². The lowest BCUT2D eigenvalue weighted by atomic mass is 10.2. The van der Waals surface area contributed by atoms with E-state index < -0.39 is 0 Å². The molecular formula is C19H20ClN5O2. The van der Waals surface area contributed by atoms with Crippen molar-refractivity contribution in [2.75, 3.05) is 11.9 Å². The molecule has 0 radical (unpaired) electrons. The molecule has 0 saturated heterocycles. The number of carbonyl (C=O) groups excluding carboxylic acids is 2. The molecule has 2 aromatic heterocycles. The number of carbonyl (C=O) groups is 2. The average Bonchev–Trinajstić information content (AvgIpc) is 3.05. The Morgan fingerprint density at radius 3 is 2.74 bits per heavy atom. The molecule has 140 valence electrons. The lowest BCUT2D eigenvalue weighted by Gasteiger charge is -2.08. The molecule has 0 atom stereocenters. The zero-order chi connectivity index (χ0) is 19.4. The van der Waals surface area contributed by atoms with Crippen molar-refractivity contribution in [3.8, 4) is 0 Å². The van der Waals surface area contributed by atoms with Crippen LogP contribution in [0.4, 0.5) is 5.69 Å². The molecule has 3 aromatic rings. The number of nitrogens with one attached hydrogen (secondary N) is 2. The van der Waals surface area contributed by atoms with Crippen LogP contribution in [0.25, 0.3) is 11.0 Å². The van der Waals surface area contributed by atoms with E-state index in [1.807, 2.05) is 24.6 Å². The summed E-state index contributed by atoms with van der Waals surface area (Å²) in [4.78, 5) is 28.5. The van der Waals surface area contributed by atoms with Crippen molar-refractivity contribution in [2.45, 2.75) is 26.3 Å². The fourth-order valence-corrected chi connectivity index (χ4v) is 2.86. The van der Waals surface area contributed by atoms with Gasteiger partial charge >= 0.3 is 0 Å². The van der Waals surface area contributed by atoms with Gasteiger partial charge in [-0.2, -0.15) is 5.10 Å². The van der Waals surface area contributed by atoms with Crippen molar-refractivity contribution in [2.24, 2.45) is 0 Å². The summed E-state index contributed by atoms with van der Waals surface area (Å²) >= 11 is 5.98. The number of fused-ring (bicyclic) bond motifs is 1. The van der Waals surface area contributed by atoms with Crippen LogP contribution in [-0.2, 0) is 4.79 Å². The normalized spacial score (nSPS) is 11.0. The van der Waals surface area contributed by atoms with Gasteiger partial charge in [0.1, 0.15) is 0 Å². The van der Waals surface area contributed by atoms with Crippen LogP contribution in [0.5, 0.6) is 0 Å². The molecule has 0 unspecified atom stereocenters. The van der Waals surface area contributed by atoms with Gasteiger partial charge in [-0.1, -0.05) is 23.7 Å². The monoisotopic (exact) mass is 385 g/mol. The van der Waals surface area contributed by atoms with Crippen molar-refractivity contribution in [1.82, 2.24) is 20.1 Å². The van der Waals surface area contributed by atoms with Crippen molar-refractivity contribution in [1.29, 1.82) is 0 Å². The molecule has 0 spiro atoms. The maximum atomic E-state index is 12.1. The molecule has 8 heteroatoms. The number of rotatable bonds is 6. The Balaban J connectivity index is 1.54. The number of hydrogen-bond acceptors (Lipinski definition) is 4. The fraction of sp³-hybridized carbons (Fsp3) is 0.263. The quantitative estimate of drug-likeness (QED) is 0.680. The van der Waals surface area contributed by atoms with Crippen LogP contribution in [0.3, 0.4) is 0 Å². The van der Waals surface area contributed by atoms with Crippen molar-refractivity contribution >= 4 is 40.1 Å². The van der Waals surface area contributed by atoms with Crippen LogP contribution in [-0.4, -0.2) is 33.1 Å². The van der Waals surface area contributed by atoms with Gasteiger partial charge in [-0.3, -0.25) is 9.59 Å². The van der Waals surface area contributed by atoms with E-state index in [1.165, 1.54) is 0 Å². The van der Waals surface area contributed by atoms with Gasteiger partial charge in [-0.25, -0.2) is 9.67 Å². The van der Waals surface area contributed by atoms with Crippen LogP contribution in [0.1, 0.15) is 36.7 Å². The number of anilines is 1. The molecule has 2 heterocycles. The molecule has 2 N–H and O–H groups in total. The van der Waals surface area contributed by atoms with Crippen LogP contribution in [0.15, 0.2) is 42.7 Å². The highest BCUT2D eigenvalue weighted by Crippen LogP contribution is 2.19. The van der Waals surface area contributed by atoms with Gasteiger partial charge in [0, 0.05) is 24.4 Å². The van der Waals surface area contributed by atoms with Gasteiger partial charge in [-0.15, -0.1) is 0 Å².